The highest BCUT2D eigenvalue weighted by Crippen LogP contribution is 2.34. The molecule has 0 spiro atoms. The van der Waals surface area contributed by atoms with Crippen LogP contribution in [-0.4, -0.2) is 31.4 Å². The van der Waals surface area contributed by atoms with E-state index in [2.05, 4.69) is 31.3 Å². The lowest BCUT2D eigenvalue weighted by Gasteiger charge is -2.37. The Balaban J connectivity index is 2.03. The Bertz CT molecular complexity index is 923. The summed E-state index contributed by atoms with van der Waals surface area (Å²) in [6.07, 6.45) is 0. The van der Waals surface area contributed by atoms with Crippen LogP contribution in [-0.2, 0) is 14.3 Å². The van der Waals surface area contributed by atoms with E-state index in [-0.39, 0.29) is 18.6 Å². The van der Waals surface area contributed by atoms with Crippen molar-refractivity contribution in [2.24, 2.45) is 0 Å². The summed E-state index contributed by atoms with van der Waals surface area (Å²) in [7, 11) is 1.58. The van der Waals surface area contributed by atoms with E-state index >= 15 is 0 Å². The molecule has 2 aromatic carbocycles. The molecule has 0 aliphatic carbocycles. The SMILES string of the molecule is COCCOC(=O)C1=C(C)N(c2ccccc2)C(=S)N[C@H]1c1ccc(C(C)C)cc1. The first-order valence-corrected chi connectivity index (χ1v) is 10.5. The summed E-state index contributed by atoms with van der Waals surface area (Å²) >= 11 is 5.68. The standard InChI is InChI=1S/C24H28N2O3S/c1-16(2)18-10-12-19(13-11-18)22-21(23(27)29-15-14-28-4)17(3)26(24(30)25-22)20-8-6-5-7-9-20/h5-13,16,22H,14-15H2,1-4H3,(H,25,30)/t22-/m0/s1. The van der Waals surface area contributed by atoms with Crippen molar-refractivity contribution in [2.75, 3.05) is 25.2 Å². The predicted octanol–water partition coefficient (Wildman–Crippen LogP) is 4.71. The van der Waals surface area contributed by atoms with E-state index in [1.165, 1.54) is 5.56 Å². The van der Waals surface area contributed by atoms with Gasteiger partial charge in [0.1, 0.15) is 6.61 Å². The van der Waals surface area contributed by atoms with Crippen LogP contribution in [0.3, 0.4) is 0 Å². The van der Waals surface area contributed by atoms with Crippen molar-refractivity contribution in [3.63, 3.8) is 0 Å². The number of hydrogen-bond donors (Lipinski definition) is 1. The highest BCUT2D eigenvalue weighted by molar-refractivity contribution is 7.80. The number of nitrogens with zero attached hydrogens (tertiary/aromatic N) is 1. The number of carbonyl (C=O) groups is 1. The fourth-order valence-electron chi connectivity index (χ4n) is 3.51. The normalized spacial score (nSPS) is 16.6. The fourth-order valence-corrected chi connectivity index (χ4v) is 3.87. The Morgan fingerprint density at radius 2 is 1.77 bits per heavy atom. The molecule has 6 heteroatoms. The minimum Gasteiger partial charge on any atom is -0.460 e. The average Bonchev–Trinajstić information content (AvgIpc) is 2.74. The molecule has 0 saturated heterocycles. The quantitative estimate of drug-likeness (QED) is 0.395. The third-order valence-corrected chi connectivity index (χ3v) is 5.48. The number of nitrogens with one attached hydrogen (secondary N) is 1. The van der Waals surface area contributed by atoms with Gasteiger partial charge in [-0.1, -0.05) is 56.3 Å². The molecule has 0 amide bonds. The number of hydrogen-bond acceptors (Lipinski definition) is 4. The van der Waals surface area contributed by atoms with Crippen LogP contribution in [0.4, 0.5) is 5.69 Å². The van der Waals surface area contributed by atoms with E-state index in [1.807, 2.05) is 54.3 Å². The zero-order chi connectivity index (χ0) is 21.7. The molecule has 0 saturated carbocycles. The molecule has 1 atom stereocenters. The molecule has 1 heterocycles. The van der Waals surface area contributed by atoms with Gasteiger partial charge in [0, 0.05) is 18.5 Å². The third-order valence-electron chi connectivity index (χ3n) is 5.18. The summed E-state index contributed by atoms with van der Waals surface area (Å²) in [5, 5.41) is 3.90. The number of rotatable bonds is 7. The van der Waals surface area contributed by atoms with Crippen LogP contribution in [0.2, 0.25) is 0 Å². The van der Waals surface area contributed by atoms with Crippen molar-refractivity contribution in [3.05, 3.63) is 77.0 Å². The van der Waals surface area contributed by atoms with Crippen molar-refractivity contribution in [1.82, 2.24) is 5.32 Å². The van der Waals surface area contributed by atoms with Gasteiger partial charge in [-0.3, -0.25) is 4.90 Å². The first-order valence-electron chi connectivity index (χ1n) is 10.1. The van der Waals surface area contributed by atoms with Crippen LogP contribution in [0.1, 0.15) is 43.9 Å². The second-order valence-electron chi connectivity index (χ2n) is 7.50. The number of ether oxygens (including phenoxy) is 2. The van der Waals surface area contributed by atoms with Gasteiger partial charge in [-0.15, -0.1) is 0 Å². The molecule has 1 aliphatic heterocycles. The van der Waals surface area contributed by atoms with Gasteiger partial charge in [-0.2, -0.15) is 0 Å². The molecule has 0 bridgehead atoms. The second kappa shape index (κ2) is 9.87. The van der Waals surface area contributed by atoms with Gasteiger partial charge >= 0.3 is 5.97 Å². The van der Waals surface area contributed by atoms with Crippen LogP contribution >= 0.6 is 12.2 Å². The highest BCUT2D eigenvalue weighted by Gasteiger charge is 2.35. The largest absolute Gasteiger partial charge is 0.460 e. The van der Waals surface area contributed by atoms with Gasteiger partial charge in [-0.25, -0.2) is 4.79 Å². The third kappa shape index (κ3) is 4.71. The number of methoxy groups -OCH3 is 1. The number of benzene rings is 2. The lowest BCUT2D eigenvalue weighted by Crippen LogP contribution is -2.48. The fraction of sp³-hybridized carbons (Fsp3) is 0.333. The van der Waals surface area contributed by atoms with E-state index in [9.17, 15) is 4.79 Å². The van der Waals surface area contributed by atoms with E-state index in [0.717, 1.165) is 16.9 Å². The van der Waals surface area contributed by atoms with Crippen LogP contribution < -0.4 is 10.2 Å². The number of para-hydroxylation sites is 1. The zero-order valence-corrected chi connectivity index (χ0v) is 18.7. The van der Waals surface area contributed by atoms with Crippen LogP contribution in [0, 0.1) is 0 Å². The smallest absolute Gasteiger partial charge is 0.338 e. The van der Waals surface area contributed by atoms with Crippen molar-refractivity contribution >= 4 is 29.0 Å². The van der Waals surface area contributed by atoms with Crippen LogP contribution in [0.25, 0.3) is 0 Å². The topological polar surface area (TPSA) is 50.8 Å². The maximum absolute atomic E-state index is 13.1. The van der Waals surface area contributed by atoms with Gasteiger partial charge < -0.3 is 14.8 Å². The summed E-state index contributed by atoms with van der Waals surface area (Å²) in [6, 6.07) is 17.7. The minimum absolute atomic E-state index is 0.195. The number of thiocarbonyl (C=S) groups is 1. The Morgan fingerprint density at radius 3 is 2.37 bits per heavy atom. The van der Waals surface area contributed by atoms with Gasteiger partial charge in [0.15, 0.2) is 5.11 Å². The first-order chi connectivity index (χ1) is 14.4. The lowest BCUT2D eigenvalue weighted by atomic mass is 9.92. The Morgan fingerprint density at radius 1 is 1.10 bits per heavy atom. The van der Waals surface area contributed by atoms with Gasteiger partial charge in [-0.05, 0) is 48.3 Å². The second-order valence-corrected chi connectivity index (χ2v) is 7.89. The lowest BCUT2D eigenvalue weighted by molar-refractivity contribution is -0.140. The molecule has 2 aromatic rings. The Labute approximate surface area is 183 Å². The predicted molar refractivity (Wildman–Crippen MR) is 123 cm³/mol. The van der Waals surface area contributed by atoms with E-state index in [4.69, 9.17) is 21.7 Å². The monoisotopic (exact) mass is 424 g/mol. The summed E-state index contributed by atoms with van der Waals surface area (Å²) in [5.74, 6) is 0.0576. The zero-order valence-electron chi connectivity index (χ0n) is 17.8. The van der Waals surface area contributed by atoms with E-state index in [0.29, 0.717) is 23.2 Å². The molecule has 3 rings (SSSR count). The van der Waals surface area contributed by atoms with Gasteiger partial charge in [0.05, 0.1) is 18.2 Å². The summed E-state index contributed by atoms with van der Waals surface area (Å²) in [6.45, 7) is 6.76. The Kier molecular flexibility index (Phi) is 7.24. The van der Waals surface area contributed by atoms with E-state index < -0.39 is 0 Å². The van der Waals surface area contributed by atoms with Crippen molar-refractivity contribution in [1.29, 1.82) is 0 Å². The van der Waals surface area contributed by atoms with Crippen molar-refractivity contribution in [3.8, 4) is 0 Å². The number of esters is 1. The van der Waals surface area contributed by atoms with Crippen LogP contribution in [0.15, 0.2) is 65.9 Å². The molecule has 0 aromatic heterocycles. The molecular formula is C24H28N2O3S. The van der Waals surface area contributed by atoms with E-state index in [1.54, 1.807) is 7.11 Å². The van der Waals surface area contributed by atoms with Gasteiger partial charge in [0.2, 0.25) is 0 Å². The molecule has 1 N–H and O–H groups in total. The molecule has 1 aliphatic rings. The summed E-state index contributed by atoms with van der Waals surface area (Å²) in [4.78, 5) is 15.0. The number of anilines is 1. The maximum Gasteiger partial charge on any atom is 0.338 e. The summed E-state index contributed by atoms with van der Waals surface area (Å²) in [5.41, 5.74) is 4.40. The molecular weight excluding hydrogens is 396 g/mol. The molecule has 0 unspecified atom stereocenters. The van der Waals surface area contributed by atoms with Crippen molar-refractivity contribution < 1.29 is 14.3 Å². The Hall–Kier alpha value is -2.70. The molecule has 0 radical (unpaired) electrons. The summed E-state index contributed by atoms with van der Waals surface area (Å²) < 4.78 is 10.5. The maximum atomic E-state index is 13.1. The first kappa shape index (κ1) is 22.0. The molecule has 158 valence electrons. The van der Waals surface area contributed by atoms with Crippen LogP contribution in [0.5, 0.6) is 0 Å². The molecule has 30 heavy (non-hydrogen) atoms. The number of carbonyl (C=O) groups excluding carboxylic acids is 1. The molecule has 5 nitrogen and oxygen atoms in total. The minimum atomic E-state index is -0.381. The number of allylic oxidation sites excluding steroid dienone is 1. The van der Waals surface area contributed by atoms with Crippen molar-refractivity contribution in [2.45, 2.75) is 32.7 Å². The van der Waals surface area contributed by atoms with Gasteiger partial charge in [0.25, 0.3) is 0 Å². The average molecular weight is 425 g/mol. The molecule has 0 fully saturated rings. The highest BCUT2D eigenvalue weighted by atomic mass is 32.1.